The maximum atomic E-state index is 11.5. The highest BCUT2D eigenvalue weighted by Gasteiger charge is 2.13. The van der Waals surface area contributed by atoms with Crippen molar-refractivity contribution in [2.24, 2.45) is 0 Å². The van der Waals surface area contributed by atoms with Gasteiger partial charge < -0.3 is 15.2 Å². The van der Waals surface area contributed by atoms with Crippen LogP contribution in [0.2, 0.25) is 0 Å². The minimum Gasteiger partial charge on any atom is -0.478 e. The summed E-state index contributed by atoms with van der Waals surface area (Å²) in [5, 5.41) is 18.8. The lowest BCUT2D eigenvalue weighted by atomic mass is 10.1. The number of aromatic carboxylic acids is 1. The molecule has 0 saturated carbocycles. The average molecular weight is 340 g/mol. The summed E-state index contributed by atoms with van der Waals surface area (Å²) in [6.07, 6.45) is 1.48. The number of hydrogen-bond acceptors (Lipinski definition) is 4. The SMILES string of the molecule is O=C(O)/C(=C/c1ccc(C(=O)O)cc1)Sc1nc2ccccc2[nH]1. The van der Waals surface area contributed by atoms with Gasteiger partial charge in [-0.3, -0.25) is 0 Å². The minimum atomic E-state index is -1.08. The monoisotopic (exact) mass is 340 g/mol. The molecule has 0 unspecified atom stereocenters. The van der Waals surface area contributed by atoms with Crippen molar-refractivity contribution in [2.75, 3.05) is 0 Å². The number of nitrogens with zero attached hydrogens (tertiary/aromatic N) is 1. The molecule has 0 spiro atoms. The second kappa shape index (κ2) is 6.59. The number of rotatable bonds is 5. The maximum Gasteiger partial charge on any atom is 0.342 e. The summed E-state index contributed by atoms with van der Waals surface area (Å²) in [5.41, 5.74) is 2.33. The number of para-hydroxylation sites is 2. The molecule has 120 valence electrons. The second-order valence-corrected chi connectivity index (χ2v) is 5.93. The maximum absolute atomic E-state index is 11.5. The number of thioether (sulfide) groups is 1. The number of aliphatic carboxylic acids is 1. The van der Waals surface area contributed by atoms with Gasteiger partial charge in [-0.15, -0.1) is 0 Å². The number of nitrogens with one attached hydrogen (secondary N) is 1. The highest BCUT2D eigenvalue weighted by molar-refractivity contribution is 8.04. The van der Waals surface area contributed by atoms with Gasteiger partial charge in [0, 0.05) is 0 Å². The zero-order valence-corrected chi connectivity index (χ0v) is 13.1. The van der Waals surface area contributed by atoms with Crippen LogP contribution in [0.25, 0.3) is 17.1 Å². The van der Waals surface area contributed by atoms with Crippen molar-refractivity contribution in [1.29, 1.82) is 0 Å². The van der Waals surface area contributed by atoms with Gasteiger partial charge in [0.15, 0.2) is 5.16 Å². The summed E-state index contributed by atoms with van der Waals surface area (Å²) in [6, 6.07) is 13.4. The molecule has 0 aliphatic carbocycles. The van der Waals surface area contributed by atoms with Crippen molar-refractivity contribution in [3.05, 3.63) is 64.6 Å². The van der Waals surface area contributed by atoms with E-state index in [0.717, 1.165) is 22.8 Å². The van der Waals surface area contributed by atoms with Crippen molar-refractivity contribution in [2.45, 2.75) is 5.16 Å². The summed E-state index contributed by atoms with van der Waals surface area (Å²) in [7, 11) is 0. The number of fused-ring (bicyclic) bond motifs is 1. The Hall–Kier alpha value is -3.06. The van der Waals surface area contributed by atoms with Crippen molar-refractivity contribution >= 4 is 40.8 Å². The van der Waals surface area contributed by atoms with Gasteiger partial charge in [0.1, 0.15) is 4.91 Å². The lowest BCUT2D eigenvalue weighted by Gasteiger charge is -2.01. The van der Waals surface area contributed by atoms with Crippen LogP contribution in [-0.2, 0) is 4.79 Å². The molecule has 24 heavy (non-hydrogen) atoms. The van der Waals surface area contributed by atoms with Crippen LogP contribution in [0.4, 0.5) is 0 Å². The lowest BCUT2D eigenvalue weighted by Crippen LogP contribution is -1.98. The molecular formula is C17H12N2O4S. The lowest BCUT2D eigenvalue weighted by molar-refractivity contribution is -0.131. The summed E-state index contributed by atoms with van der Waals surface area (Å²) >= 11 is 1.01. The van der Waals surface area contributed by atoms with Gasteiger partial charge in [0.05, 0.1) is 16.6 Å². The van der Waals surface area contributed by atoms with E-state index < -0.39 is 11.9 Å². The van der Waals surface area contributed by atoms with Crippen LogP contribution in [-0.4, -0.2) is 32.1 Å². The molecule has 3 aromatic rings. The smallest absolute Gasteiger partial charge is 0.342 e. The molecule has 2 aromatic carbocycles. The first-order chi connectivity index (χ1) is 11.5. The normalized spacial score (nSPS) is 11.6. The zero-order chi connectivity index (χ0) is 17.1. The first-order valence-corrected chi connectivity index (χ1v) is 7.75. The van der Waals surface area contributed by atoms with Crippen LogP contribution in [0.15, 0.2) is 58.6 Å². The Morgan fingerprint density at radius 1 is 1.04 bits per heavy atom. The van der Waals surface area contributed by atoms with E-state index >= 15 is 0 Å². The van der Waals surface area contributed by atoms with Crippen molar-refractivity contribution in [1.82, 2.24) is 9.97 Å². The summed E-state index contributed by atoms with van der Waals surface area (Å²) in [4.78, 5) is 29.8. The van der Waals surface area contributed by atoms with E-state index in [-0.39, 0.29) is 10.5 Å². The second-order valence-electron chi connectivity index (χ2n) is 4.90. The van der Waals surface area contributed by atoms with E-state index in [1.165, 1.54) is 18.2 Å². The first kappa shape index (κ1) is 15.8. The summed E-state index contributed by atoms with van der Waals surface area (Å²) in [6.45, 7) is 0. The molecule has 1 heterocycles. The van der Waals surface area contributed by atoms with Crippen LogP contribution in [0, 0.1) is 0 Å². The van der Waals surface area contributed by atoms with Gasteiger partial charge >= 0.3 is 11.9 Å². The quantitative estimate of drug-likeness (QED) is 0.485. The van der Waals surface area contributed by atoms with E-state index in [2.05, 4.69) is 9.97 Å². The molecular weight excluding hydrogens is 328 g/mol. The molecule has 0 radical (unpaired) electrons. The molecule has 1 aromatic heterocycles. The van der Waals surface area contributed by atoms with Gasteiger partial charge in [-0.05, 0) is 47.7 Å². The Kier molecular flexibility index (Phi) is 4.35. The fourth-order valence-corrected chi connectivity index (χ4v) is 2.89. The number of carboxylic acid groups (broad SMARTS) is 2. The number of aromatic amines is 1. The van der Waals surface area contributed by atoms with Crippen LogP contribution in [0.1, 0.15) is 15.9 Å². The predicted octanol–water partition coefficient (Wildman–Crippen LogP) is 3.48. The molecule has 0 fully saturated rings. The largest absolute Gasteiger partial charge is 0.478 e. The van der Waals surface area contributed by atoms with Crippen molar-refractivity contribution < 1.29 is 19.8 Å². The summed E-state index contributed by atoms with van der Waals surface area (Å²) < 4.78 is 0. The third kappa shape index (κ3) is 3.47. The number of imidazole rings is 1. The predicted molar refractivity (Wildman–Crippen MR) is 91.0 cm³/mol. The molecule has 0 atom stereocenters. The van der Waals surface area contributed by atoms with E-state index in [0.29, 0.717) is 10.7 Å². The Morgan fingerprint density at radius 2 is 1.75 bits per heavy atom. The molecule has 0 bridgehead atoms. The number of aromatic nitrogens is 2. The summed E-state index contributed by atoms with van der Waals surface area (Å²) in [5.74, 6) is -2.11. The van der Waals surface area contributed by atoms with E-state index in [4.69, 9.17) is 5.11 Å². The molecule has 0 aliphatic rings. The Balaban J connectivity index is 1.88. The molecule has 0 aliphatic heterocycles. The van der Waals surface area contributed by atoms with E-state index in [9.17, 15) is 14.7 Å². The van der Waals surface area contributed by atoms with Crippen LogP contribution < -0.4 is 0 Å². The number of benzene rings is 2. The Bertz CT molecular complexity index is 912. The fourth-order valence-electron chi connectivity index (χ4n) is 2.09. The van der Waals surface area contributed by atoms with Gasteiger partial charge in [-0.25, -0.2) is 14.6 Å². The van der Waals surface area contributed by atoms with Crippen LogP contribution in [0.5, 0.6) is 0 Å². The van der Waals surface area contributed by atoms with Crippen LogP contribution >= 0.6 is 11.8 Å². The van der Waals surface area contributed by atoms with E-state index in [1.54, 1.807) is 12.1 Å². The van der Waals surface area contributed by atoms with Crippen molar-refractivity contribution in [3.63, 3.8) is 0 Å². The van der Waals surface area contributed by atoms with Crippen molar-refractivity contribution in [3.8, 4) is 0 Å². The molecule has 6 nitrogen and oxygen atoms in total. The average Bonchev–Trinajstić information content (AvgIpc) is 2.97. The molecule has 3 N–H and O–H groups in total. The molecule has 0 saturated heterocycles. The fraction of sp³-hybridized carbons (Fsp3) is 0. The molecule has 7 heteroatoms. The van der Waals surface area contributed by atoms with Gasteiger partial charge in [-0.2, -0.15) is 0 Å². The topological polar surface area (TPSA) is 103 Å². The number of carbonyl (C=O) groups is 2. The number of H-pyrrole nitrogens is 1. The number of hydrogen-bond donors (Lipinski definition) is 3. The van der Waals surface area contributed by atoms with Gasteiger partial charge in [0.25, 0.3) is 0 Å². The highest BCUT2D eigenvalue weighted by atomic mass is 32.2. The molecule has 3 rings (SSSR count). The van der Waals surface area contributed by atoms with Gasteiger partial charge in [-0.1, -0.05) is 24.3 Å². The number of carboxylic acids is 2. The first-order valence-electron chi connectivity index (χ1n) is 6.94. The third-order valence-electron chi connectivity index (χ3n) is 3.24. The zero-order valence-electron chi connectivity index (χ0n) is 12.3. The Labute approximate surface area is 140 Å². The standard InChI is InChI=1S/C17H12N2O4S/c20-15(21)11-7-5-10(6-8-11)9-14(16(22)23)24-17-18-12-3-1-2-4-13(12)19-17/h1-9H,(H,18,19)(H,20,21)(H,22,23)/b14-9-. The Morgan fingerprint density at radius 3 is 2.38 bits per heavy atom. The minimum absolute atomic E-state index is 0.0807. The van der Waals surface area contributed by atoms with Gasteiger partial charge in [0.2, 0.25) is 0 Å². The molecule has 0 amide bonds. The third-order valence-corrected chi connectivity index (χ3v) is 4.14. The van der Waals surface area contributed by atoms with Crippen LogP contribution in [0.3, 0.4) is 0 Å². The highest BCUT2D eigenvalue weighted by Crippen LogP contribution is 2.28. The van der Waals surface area contributed by atoms with E-state index in [1.807, 2.05) is 24.3 Å².